The molecule has 17 heavy (non-hydrogen) atoms. The molecule has 1 rings (SSSR count). The Hall–Kier alpha value is -1.40. The molecule has 0 bridgehead atoms. The maximum atomic E-state index is 10.5. The molecule has 0 aliphatic rings. The van der Waals surface area contributed by atoms with E-state index in [0.29, 0.717) is 18.2 Å². The highest BCUT2D eigenvalue weighted by molar-refractivity contribution is 5.85. The molecule has 0 aliphatic heterocycles. The van der Waals surface area contributed by atoms with Crippen LogP contribution < -0.4 is 5.32 Å². The number of carboxylic acids is 1. The molecule has 0 radical (unpaired) electrons. The number of nitrogens with zero attached hydrogens (tertiary/aromatic N) is 1. The van der Waals surface area contributed by atoms with E-state index in [4.69, 9.17) is 14.7 Å². The molecule has 1 atom stereocenters. The van der Waals surface area contributed by atoms with Crippen molar-refractivity contribution in [2.45, 2.75) is 26.3 Å². The van der Waals surface area contributed by atoms with E-state index in [2.05, 4.69) is 10.5 Å². The van der Waals surface area contributed by atoms with E-state index in [1.807, 2.05) is 6.92 Å². The fourth-order valence-electron chi connectivity index (χ4n) is 1.38. The van der Waals surface area contributed by atoms with Gasteiger partial charge in [0.15, 0.2) is 11.5 Å². The summed E-state index contributed by atoms with van der Waals surface area (Å²) in [5.41, 5.74) is -0.0734. The number of rotatable bonds is 8. The van der Waals surface area contributed by atoms with Crippen LogP contribution in [-0.4, -0.2) is 34.5 Å². The van der Waals surface area contributed by atoms with Crippen molar-refractivity contribution in [3.05, 3.63) is 17.5 Å². The molecule has 0 amide bonds. The second kappa shape index (κ2) is 7.03. The molecule has 0 saturated carbocycles. The topological polar surface area (TPSA) is 95.6 Å². The number of aromatic nitrogens is 1. The first-order valence-electron chi connectivity index (χ1n) is 5.64. The fourth-order valence-corrected chi connectivity index (χ4v) is 1.38. The highest BCUT2D eigenvalue weighted by atomic mass is 16.5. The Morgan fingerprint density at radius 1 is 1.65 bits per heavy atom. The molecule has 0 saturated heterocycles. The van der Waals surface area contributed by atoms with E-state index in [-0.39, 0.29) is 12.3 Å². The molecule has 96 valence electrons. The summed E-state index contributed by atoms with van der Waals surface area (Å²) >= 11 is 0. The van der Waals surface area contributed by atoms with Gasteiger partial charge >= 0.3 is 5.97 Å². The first-order chi connectivity index (χ1) is 8.13. The largest absolute Gasteiger partial charge is 0.476 e. The lowest BCUT2D eigenvalue weighted by atomic mass is 10.1. The van der Waals surface area contributed by atoms with Crippen LogP contribution in [0.25, 0.3) is 0 Å². The zero-order valence-corrected chi connectivity index (χ0v) is 9.85. The highest BCUT2D eigenvalue weighted by Crippen LogP contribution is 2.05. The van der Waals surface area contributed by atoms with Crippen LogP contribution in [0.1, 0.15) is 36.0 Å². The summed E-state index contributed by atoms with van der Waals surface area (Å²) in [5, 5.41) is 24.0. The molecular formula is C11H18N2O4. The van der Waals surface area contributed by atoms with Crippen LogP contribution in [-0.2, 0) is 6.54 Å². The Morgan fingerprint density at radius 2 is 2.41 bits per heavy atom. The summed E-state index contributed by atoms with van der Waals surface area (Å²) in [4.78, 5) is 10.5. The van der Waals surface area contributed by atoms with Gasteiger partial charge in [0.2, 0.25) is 0 Å². The molecule has 6 nitrogen and oxygen atoms in total. The second-order valence-corrected chi connectivity index (χ2v) is 4.09. The van der Waals surface area contributed by atoms with E-state index in [1.54, 1.807) is 0 Å². The van der Waals surface area contributed by atoms with Gasteiger partial charge in [-0.3, -0.25) is 0 Å². The Morgan fingerprint density at radius 3 is 3.00 bits per heavy atom. The van der Waals surface area contributed by atoms with Crippen LogP contribution in [0.4, 0.5) is 0 Å². The number of aliphatic hydroxyl groups is 1. The van der Waals surface area contributed by atoms with Gasteiger partial charge in [-0.15, -0.1) is 0 Å². The number of aromatic carboxylic acids is 1. The number of nitrogens with one attached hydrogen (secondary N) is 1. The Labute approximate surface area is 99.6 Å². The van der Waals surface area contributed by atoms with Gasteiger partial charge in [0, 0.05) is 12.7 Å². The summed E-state index contributed by atoms with van der Waals surface area (Å²) in [5.74, 6) is -0.255. The van der Waals surface area contributed by atoms with Gasteiger partial charge in [-0.05, 0) is 25.3 Å². The Bertz CT molecular complexity index is 351. The van der Waals surface area contributed by atoms with Crippen molar-refractivity contribution in [2.24, 2.45) is 5.92 Å². The van der Waals surface area contributed by atoms with Crippen molar-refractivity contribution in [3.63, 3.8) is 0 Å². The summed E-state index contributed by atoms with van der Waals surface area (Å²) in [6, 6.07) is 1.41. The van der Waals surface area contributed by atoms with E-state index in [1.165, 1.54) is 6.07 Å². The minimum atomic E-state index is -1.09. The average molecular weight is 242 g/mol. The third kappa shape index (κ3) is 4.97. The zero-order chi connectivity index (χ0) is 12.7. The summed E-state index contributed by atoms with van der Waals surface area (Å²) < 4.78 is 4.84. The van der Waals surface area contributed by atoms with E-state index in [0.717, 1.165) is 19.4 Å². The molecular weight excluding hydrogens is 224 g/mol. The minimum absolute atomic E-state index is 0.0734. The minimum Gasteiger partial charge on any atom is -0.476 e. The molecule has 0 aliphatic carbocycles. The number of carbonyl (C=O) groups is 1. The van der Waals surface area contributed by atoms with Crippen LogP contribution in [0.2, 0.25) is 0 Å². The molecule has 3 N–H and O–H groups in total. The molecule has 1 heterocycles. The zero-order valence-electron chi connectivity index (χ0n) is 9.85. The first-order valence-corrected chi connectivity index (χ1v) is 5.64. The molecule has 1 aromatic heterocycles. The van der Waals surface area contributed by atoms with Crippen molar-refractivity contribution in [2.75, 3.05) is 13.2 Å². The maximum absolute atomic E-state index is 10.5. The normalized spacial score (nSPS) is 12.6. The third-order valence-electron chi connectivity index (χ3n) is 2.44. The quantitative estimate of drug-likeness (QED) is 0.585. The fraction of sp³-hybridized carbons (Fsp3) is 0.636. The molecule has 1 unspecified atom stereocenters. The third-order valence-corrected chi connectivity index (χ3v) is 2.44. The standard InChI is InChI=1S/C11H18N2O4/c1-8(7-14)3-2-4-12-6-9-5-10(11(15)16)13-17-9/h5,8,12,14H,2-4,6-7H2,1H3,(H,15,16). The van der Waals surface area contributed by atoms with Crippen LogP contribution in [0.15, 0.2) is 10.6 Å². The molecule has 0 spiro atoms. The SMILES string of the molecule is CC(CO)CCCNCc1cc(C(=O)O)no1. The Balaban J connectivity index is 2.15. The van der Waals surface area contributed by atoms with Crippen LogP contribution in [0.5, 0.6) is 0 Å². The average Bonchev–Trinajstić information content (AvgIpc) is 2.77. The van der Waals surface area contributed by atoms with E-state index >= 15 is 0 Å². The lowest BCUT2D eigenvalue weighted by molar-refractivity contribution is 0.0685. The lowest BCUT2D eigenvalue weighted by Gasteiger charge is -2.07. The van der Waals surface area contributed by atoms with Gasteiger partial charge in [0.25, 0.3) is 0 Å². The molecule has 0 fully saturated rings. The van der Waals surface area contributed by atoms with Crippen LogP contribution >= 0.6 is 0 Å². The van der Waals surface area contributed by atoms with Crippen molar-refractivity contribution < 1.29 is 19.5 Å². The van der Waals surface area contributed by atoms with Crippen molar-refractivity contribution >= 4 is 5.97 Å². The predicted molar refractivity (Wildman–Crippen MR) is 60.7 cm³/mol. The van der Waals surface area contributed by atoms with Gasteiger partial charge in [-0.1, -0.05) is 12.1 Å². The summed E-state index contributed by atoms with van der Waals surface area (Å²) in [6.45, 7) is 3.47. The van der Waals surface area contributed by atoms with Crippen molar-refractivity contribution in [1.29, 1.82) is 0 Å². The van der Waals surface area contributed by atoms with Crippen LogP contribution in [0, 0.1) is 5.92 Å². The van der Waals surface area contributed by atoms with Crippen molar-refractivity contribution in [1.82, 2.24) is 10.5 Å². The predicted octanol–water partition coefficient (Wildman–Crippen LogP) is 0.871. The number of carboxylic acid groups (broad SMARTS) is 1. The van der Waals surface area contributed by atoms with Crippen LogP contribution in [0.3, 0.4) is 0 Å². The van der Waals surface area contributed by atoms with E-state index < -0.39 is 5.97 Å². The molecule has 6 heteroatoms. The van der Waals surface area contributed by atoms with Gasteiger partial charge < -0.3 is 20.1 Å². The maximum Gasteiger partial charge on any atom is 0.358 e. The monoisotopic (exact) mass is 242 g/mol. The second-order valence-electron chi connectivity index (χ2n) is 4.09. The molecule has 0 aromatic carbocycles. The van der Waals surface area contributed by atoms with Gasteiger partial charge in [0.05, 0.1) is 6.54 Å². The lowest BCUT2D eigenvalue weighted by Crippen LogP contribution is -2.15. The summed E-state index contributed by atoms with van der Waals surface area (Å²) in [7, 11) is 0. The number of aliphatic hydroxyl groups excluding tert-OH is 1. The van der Waals surface area contributed by atoms with E-state index in [9.17, 15) is 4.79 Å². The Kier molecular flexibility index (Phi) is 5.65. The van der Waals surface area contributed by atoms with Gasteiger partial charge in [0.1, 0.15) is 0 Å². The van der Waals surface area contributed by atoms with Gasteiger partial charge in [-0.2, -0.15) is 0 Å². The summed E-state index contributed by atoms with van der Waals surface area (Å²) in [6.07, 6.45) is 1.92. The highest BCUT2D eigenvalue weighted by Gasteiger charge is 2.09. The smallest absolute Gasteiger partial charge is 0.358 e. The van der Waals surface area contributed by atoms with Crippen molar-refractivity contribution in [3.8, 4) is 0 Å². The number of hydrogen-bond donors (Lipinski definition) is 3. The first kappa shape index (κ1) is 13.7. The van der Waals surface area contributed by atoms with Gasteiger partial charge in [-0.25, -0.2) is 4.79 Å². The molecule has 1 aromatic rings. The number of hydrogen-bond acceptors (Lipinski definition) is 5.